The monoisotopic (exact) mass is 1510 g/mol. The molecule has 0 aromatic heterocycles. The molecule has 0 aromatic rings. The van der Waals surface area contributed by atoms with E-state index in [-0.39, 0.29) is 25.7 Å². The molecule has 103 heavy (non-hydrogen) atoms. The summed E-state index contributed by atoms with van der Waals surface area (Å²) in [6.45, 7) is 12.0. The number of aliphatic hydroxyl groups excluding tert-OH is 1. The molecule has 612 valence electrons. The van der Waals surface area contributed by atoms with Gasteiger partial charge in [-0.15, -0.1) is 0 Å². The van der Waals surface area contributed by atoms with Crippen LogP contribution >= 0.6 is 15.6 Å². The zero-order valence-electron chi connectivity index (χ0n) is 67.8. The molecule has 17 nitrogen and oxygen atoms in total. The zero-order chi connectivity index (χ0) is 75.8. The molecule has 0 amide bonds. The average molecular weight is 1510 g/mol. The van der Waals surface area contributed by atoms with E-state index in [0.29, 0.717) is 25.7 Å². The van der Waals surface area contributed by atoms with Crippen molar-refractivity contribution in [3.63, 3.8) is 0 Å². The van der Waals surface area contributed by atoms with Crippen LogP contribution < -0.4 is 0 Å². The SMILES string of the molecule is CCCCCCCCCCCCCCCCC(=O)O[C@H](COC(=O)CCCCCCCCCCCC(C)C)COP(=O)(O)OC[C@H](O)COP(=O)(O)OC[C@@H](COC(=O)CCCCCCCCCCCCCCCCC(C)CC)OC(=O)CCCCCCCCCCCCCCCCCCC(C)C. The summed E-state index contributed by atoms with van der Waals surface area (Å²) in [5.41, 5.74) is 0. The van der Waals surface area contributed by atoms with Gasteiger partial charge in [-0.25, -0.2) is 9.13 Å². The maximum Gasteiger partial charge on any atom is 0.472 e. The molecular formula is C84H164O17P2. The van der Waals surface area contributed by atoms with Gasteiger partial charge < -0.3 is 33.8 Å². The number of aliphatic hydroxyl groups is 1. The number of unbranched alkanes of at least 4 members (excludes halogenated alkanes) is 49. The first kappa shape index (κ1) is 101. The molecule has 6 atom stereocenters. The predicted molar refractivity (Wildman–Crippen MR) is 423 cm³/mol. The molecule has 0 rings (SSSR count). The Balaban J connectivity index is 5.26. The largest absolute Gasteiger partial charge is 0.472 e. The van der Waals surface area contributed by atoms with E-state index in [4.69, 9.17) is 37.0 Å². The molecule has 0 aromatic carbocycles. The minimum Gasteiger partial charge on any atom is -0.462 e. The molecule has 0 spiro atoms. The van der Waals surface area contributed by atoms with Crippen LogP contribution in [0.3, 0.4) is 0 Å². The van der Waals surface area contributed by atoms with Crippen molar-refractivity contribution in [3.8, 4) is 0 Å². The Morgan fingerprint density at radius 2 is 0.495 bits per heavy atom. The Labute approximate surface area is 632 Å². The van der Waals surface area contributed by atoms with Crippen LogP contribution in [0.2, 0.25) is 0 Å². The highest BCUT2D eigenvalue weighted by Crippen LogP contribution is 2.45. The van der Waals surface area contributed by atoms with E-state index >= 15 is 0 Å². The van der Waals surface area contributed by atoms with Crippen LogP contribution in [0.25, 0.3) is 0 Å². The minimum atomic E-state index is -4.97. The topological polar surface area (TPSA) is 237 Å². The highest BCUT2D eigenvalue weighted by molar-refractivity contribution is 7.47. The lowest BCUT2D eigenvalue weighted by atomic mass is 9.99. The Bertz CT molecular complexity index is 1990. The first-order valence-electron chi connectivity index (χ1n) is 43.4. The second kappa shape index (κ2) is 74.2. The molecule has 0 heterocycles. The first-order valence-corrected chi connectivity index (χ1v) is 46.4. The molecule has 0 aliphatic heterocycles. The molecule has 3 N–H and O–H groups in total. The van der Waals surface area contributed by atoms with E-state index in [0.717, 1.165) is 108 Å². The second-order valence-corrected chi connectivity index (χ2v) is 34.3. The fourth-order valence-electron chi connectivity index (χ4n) is 13.0. The van der Waals surface area contributed by atoms with Gasteiger partial charge in [0.1, 0.15) is 19.3 Å². The maximum atomic E-state index is 13.1. The molecule has 0 bridgehead atoms. The lowest BCUT2D eigenvalue weighted by Gasteiger charge is -2.21. The number of ether oxygens (including phenoxy) is 4. The van der Waals surface area contributed by atoms with Gasteiger partial charge in [-0.2, -0.15) is 0 Å². The Morgan fingerprint density at radius 1 is 0.282 bits per heavy atom. The van der Waals surface area contributed by atoms with E-state index in [1.54, 1.807) is 0 Å². The summed E-state index contributed by atoms with van der Waals surface area (Å²) >= 11 is 0. The summed E-state index contributed by atoms with van der Waals surface area (Å²) in [4.78, 5) is 73.2. The third-order valence-corrected chi connectivity index (χ3v) is 21.9. The average Bonchev–Trinajstić information content (AvgIpc) is 0.967. The van der Waals surface area contributed by atoms with Crippen molar-refractivity contribution >= 4 is 39.5 Å². The molecule has 3 unspecified atom stereocenters. The fraction of sp³-hybridized carbons (Fsp3) is 0.952. The molecule has 0 aliphatic carbocycles. The van der Waals surface area contributed by atoms with Crippen LogP contribution in [-0.4, -0.2) is 96.7 Å². The van der Waals surface area contributed by atoms with Crippen molar-refractivity contribution < 1.29 is 80.2 Å². The van der Waals surface area contributed by atoms with Crippen molar-refractivity contribution in [3.05, 3.63) is 0 Å². The molecule has 0 saturated heterocycles. The van der Waals surface area contributed by atoms with Crippen LogP contribution in [0, 0.1) is 17.8 Å². The summed E-state index contributed by atoms with van der Waals surface area (Å²) in [7, 11) is -9.93. The number of carbonyl (C=O) groups is 4. The quantitative estimate of drug-likeness (QED) is 0.0222. The number of phosphoric acid groups is 2. The number of esters is 4. The zero-order valence-corrected chi connectivity index (χ0v) is 69.6. The Hall–Kier alpha value is -1.94. The normalized spacial score (nSPS) is 14.2. The van der Waals surface area contributed by atoms with E-state index < -0.39 is 97.5 Å². The Morgan fingerprint density at radius 3 is 0.738 bits per heavy atom. The first-order chi connectivity index (χ1) is 49.8. The number of rotatable bonds is 82. The summed E-state index contributed by atoms with van der Waals surface area (Å²) in [5, 5.41) is 10.7. The predicted octanol–water partition coefficient (Wildman–Crippen LogP) is 25.3. The summed E-state index contributed by atoms with van der Waals surface area (Å²) in [6, 6.07) is 0. The van der Waals surface area contributed by atoms with Crippen molar-refractivity contribution in [2.24, 2.45) is 17.8 Å². The van der Waals surface area contributed by atoms with Gasteiger partial charge in [0.25, 0.3) is 0 Å². The molecule has 0 fully saturated rings. The van der Waals surface area contributed by atoms with Crippen molar-refractivity contribution in [1.29, 1.82) is 0 Å². The van der Waals surface area contributed by atoms with Gasteiger partial charge in [-0.3, -0.25) is 37.3 Å². The molecule has 0 radical (unpaired) electrons. The lowest BCUT2D eigenvalue weighted by Crippen LogP contribution is -2.30. The highest BCUT2D eigenvalue weighted by atomic mass is 31.2. The van der Waals surface area contributed by atoms with E-state index in [1.807, 2.05) is 0 Å². The Kier molecular flexibility index (Phi) is 72.8. The maximum absolute atomic E-state index is 13.1. The molecule has 0 saturated carbocycles. The number of phosphoric ester groups is 2. The van der Waals surface area contributed by atoms with Gasteiger partial charge in [0, 0.05) is 25.7 Å². The molecule has 19 heteroatoms. The van der Waals surface area contributed by atoms with Crippen LogP contribution in [-0.2, 0) is 65.4 Å². The van der Waals surface area contributed by atoms with Crippen LogP contribution in [0.5, 0.6) is 0 Å². The van der Waals surface area contributed by atoms with Gasteiger partial charge >= 0.3 is 39.5 Å². The summed E-state index contributed by atoms with van der Waals surface area (Å²) in [6.07, 6.45) is 63.7. The van der Waals surface area contributed by atoms with Gasteiger partial charge in [0.15, 0.2) is 12.2 Å². The van der Waals surface area contributed by atoms with E-state index in [9.17, 15) is 43.2 Å². The van der Waals surface area contributed by atoms with Crippen LogP contribution in [0.15, 0.2) is 0 Å². The second-order valence-electron chi connectivity index (χ2n) is 31.4. The number of carbonyl (C=O) groups excluding carboxylic acids is 4. The number of hydrogen-bond donors (Lipinski definition) is 3. The smallest absolute Gasteiger partial charge is 0.462 e. The lowest BCUT2D eigenvalue weighted by molar-refractivity contribution is -0.161. The van der Waals surface area contributed by atoms with Gasteiger partial charge in [-0.05, 0) is 43.4 Å². The van der Waals surface area contributed by atoms with Gasteiger partial charge in [-0.1, -0.05) is 389 Å². The minimum absolute atomic E-state index is 0.108. The number of hydrogen-bond acceptors (Lipinski definition) is 15. The van der Waals surface area contributed by atoms with Gasteiger partial charge in [0.05, 0.1) is 26.4 Å². The fourth-order valence-corrected chi connectivity index (χ4v) is 14.6. The van der Waals surface area contributed by atoms with Crippen molar-refractivity contribution in [1.82, 2.24) is 0 Å². The van der Waals surface area contributed by atoms with E-state index in [1.165, 1.54) is 250 Å². The van der Waals surface area contributed by atoms with Crippen LogP contribution in [0.1, 0.15) is 440 Å². The van der Waals surface area contributed by atoms with E-state index in [2.05, 4.69) is 48.5 Å². The van der Waals surface area contributed by atoms with Crippen molar-refractivity contribution in [2.75, 3.05) is 39.6 Å². The van der Waals surface area contributed by atoms with Crippen LogP contribution in [0.4, 0.5) is 0 Å². The standard InChI is InChI=1S/C84H164O17P2/c1-8-10-11-12-13-14-15-16-25-31-38-46-53-60-67-83(88)101-80(72-95-82(87)66-59-52-45-40-33-35-42-49-56-63-76(5)6)74-99-103(92,93)97-70-78(85)69-96-102(90,91)98-73-79(71-94-81(86)65-58-51-44-37-30-26-22-21-24-29-36-43-50-57-64-77(7)9-2)100-84(89)68-61-54-47-39-32-27-20-18-17-19-23-28-34-41-48-55-62-75(3)4/h75-80,85H,8-74H2,1-7H3,(H,90,91)(H,92,93)/t77?,78-,79-,80-/m1/s1. The summed E-state index contributed by atoms with van der Waals surface area (Å²) < 4.78 is 68.9. The third-order valence-electron chi connectivity index (χ3n) is 20.0. The van der Waals surface area contributed by atoms with Gasteiger partial charge in [0.2, 0.25) is 0 Å². The molecule has 0 aliphatic rings. The third kappa shape index (κ3) is 76.6. The summed E-state index contributed by atoms with van der Waals surface area (Å²) in [5.74, 6) is 0.298. The highest BCUT2D eigenvalue weighted by Gasteiger charge is 2.30. The van der Waals surface area contributed by atoms with Crippen molar-refractivity contribution in [2.45, 2.75) is 458 Å². The molecular weight excluding hydrogens is 1340 g/mol.